The second kappa shape index (κ2) is 4.09. The van der Waals surface area contributed by atoms with Gasteiger partial charge in [-0.15, -0.1) is 0 Å². The molecule has 0 spiro atoms. The van der Waals surface area contributed by atoms with Gasteiger partial charge in [0.25, 0.3) is 5.56 Å². The maximum atomic E-state index is 11.6. The number of H-pyrrole nitrogens is 1. The standard InChI is InChI=1S/C11H15N3O2/c1-7(2)8-4-9-11(15)13-12-10(6-16-3)14(9)5-8/h4-5,7H,6H2,1-3H3,(H,13,15). The Bertz CT molecular complexity index is 554. The Morgan fingerprint density at radius 1 is 1.56 bits per heavy atom. The number of nitrogens with zero attached hydrogens (tertiary/aromatic N) is 2. The number of nitrogens with one attached hydrogen (secondary N) is 1. The number of rotatable bonds is 3. The van der Waals surface area contributed by atoms with Crippen molar-refractivity contribution in [2.24, 2.45) is 0 Å². The van der Waals surface area contributed by atoms with Gasteiger partial charge in [-0.1, -0.05) is 13.8 Å². The average molecular weight is 221 g/mol. The van der Waals surface area contributed by atoms with E-state index in [4.69, 9.17) is 4.74 Å². The number of hydrogen-bond acceptors (Lipinski definition) is 3. The largest absolute Gasteiger partial charge is 0.377 e. The van der Waals surface area contributed by atoms with E-state index in [2.05, 4.69) is 24.0 Å². The second-order valence-corrected chi connectivity index (χ2v) is 4.09. The minimum Gasteiger partial charge on any atom is -0.377 e. The van der Waals surface area contributed by atoms with E-state index in [1.165, 1.54) is 0 Å². The van der Waals surface area contributed by atoms with Crippen molar-refractivity contribution < 1.29 is 4.74 Å². The molecule has 86 valence electrons. The molecular weight excluding hydrogens is 206 g/mol. The molecule has 0 fully saturated rings. The predicted octanol–water partition coefficient (Wildman–Crippen LogP) is 1.29. The molecule has 2 rings (SSSR count). The van der Waals surface area contributed by atoms with Gasteiger partial charge in [0.1, 0.15) is 12.1 Å². The Labute approximate surface area is 93.1 Å². The summed E-state index contributed by atoms with van der Waals surface area (Å²) in [6, 6.07) is 1.89. The topological polar surface area (TPSA) is 59.4 Å². The Morgan fingerprint density at radius 2 is 2.31 bits per heavy atom. The van der Waals surface area contributed by atoms with E-state index >= 15 is 0 Å². The van der Waals surface area contributed by atoms with E-state index in [9.17, 15) is 4.79 Å². The first-order valence-electron chi connectivity index (χ1n) is 5.22. The highest BCUT2D eigenvalue weighted by molar-refractivity contribution is 5.49. The van der Waals surface area contributed by atoms with Gasteiger partial charge >= 0.3 is 0 Å². The van der Waals surface area contributed by atoms with Crippen LogP contribution >= 0.6 is 0 Å². The van der Waals surface area contributed by atoms with Crippen LogP contribution < -0.4 is 5.56 Å². The molecule has 0 aromatic carbocycles. The quantitative estimate of drug-likeness (QED) is 0.849. The van der Waals surface area contributed by atoms with Crippen LogP contribution in [0.4, 0.5) is 0 Å². The molecule has 2 heterocycles. The number of methoxy groups -OCH3 is 1. The molecule has 16 heavy (non-hydrogen) atoms. The molecule has 0 aliphatic heterocycles. The van der Waals surface area contributed by atoms with Crippen molar-refractivity contribution in [2.45, 2.75) is 26.4 Å². The Kier molecular flexibility index (Phi) is 2.78. The minimum absolute atomic E-state index is 0.174. The number of ether oxygens (including phenoxy) is 1. The number of hydrogen-bond donors (Lipinski definition) is 1. The van der Waals surface area contributed by atoms with Crippen LogP contribution in [0.25, 0.3) is 5.52 Å². The molecule has 5 nitrogen and oxygen atoms in total. The summed E-state index contributed by atoms with van der Waals surface area (Å²) in [7, 11) is 1.60. The first kappa shape index (κ1) is 10.9. The molecule has 0 saturated carbocycles. The molecule has 5 heteroatoms. The molecule has 0 aliphatic rings. The summed E-state index contributed by atoms with van der Waals surface area (Å²) >= 11 is 0. The minimum atomic E-state index is -0.174. The fourth-order valence-electron chi connectivity index (χ4n) is 1.64. The van der Waals surface area contributed by atoms with Gasteiger partial charge in [0.15, 0.2) is 5.82 Å². The molecule has 0 radical (unpaired) electrons. The zero-order valence-electron chi connectivity index (χ0n) is 9.65. The third-order valence-corrected chi connectivity index (χ3v) is 2.58. The Balaban J connectivity index is 2.67. The Hall–Kier alpha value is -1.62. The first-order chi connectivity index (χ1) is 7.63. The van der Waals surface area contributed by atoms with Crippen molar-refractivity contribution in [2.75, 3.05) is 7.11 Å². The van der Waals surface area contributed by atoms with Crippen molar-refractivity contribution in [3.63, 3.8) is 0 Å². The van der Waals surface area contributed by atoms with Crippen LogP contribution in [-0.4, -0.2) is 21.7 Å². The van der Waals surface area contributed by atoms with Crippen molar-refractivity contribution in [3.8, 4) is 0 Å². The van der Waals surface area contributed by atoms with Crippen molar-refractivity contribution in [1.82, 2.24) is 14.6 Å². The highest BCUT2D eigenvalue weighted by atomic mass is 16.5. The lowest BCUT2D eigenvalue weighted by atomic mass is 10.1. The number of aromatic amines is 1. The highest BCUT2D eigenvalue weighted by Gasteiger charge is 2.10. The monoisotopic (exact) mass is 221 g/mol. The number of aromatic nitrogens is 3. The van der Waals surface area contributed by atoms with Crippen LogP contribution in [-0.2, 0) is 11.3 Å². The fraction of sp³-hybridized carbons (Fsp3) is 0.455. The summed E-state index contributed by atoms with van der Waals surface area (Å²) in [6.45, 7) is 4.55. The van der Waals surface area contributed by atoms with E-state index in [1.807, 2.05) is 12.3 Å². The van der Waals surface area contributed by atoms with Crippen LogP contribution in [0.2, 0.25) is 0 Å². The molecule has 0 aliphatic carbocycles. The van der Waals surface area contributed by atoms with E-state index in [0.717, 1.165) is 5.56 Å². The molecular formula is C11H15N3O2. The summed E-state index contributed by atoms with van der Waals surface area (Å²) in [4.78, 5) is 11.6. The van der Waals surface area contributed by atoms with Crippen LogP contribution in [0.1, 0.15) is 31.2 Å². The first-order valence-corrected chi connectivity index (χ1v) is 5.22. The number of fused-ring (bicyclic) bond motifs is 1. The third kappa shape index (κ3) is 1.74. The molecule has 0 unspecified atom stereocenters. The summed E-state index contributed by atoms with van der Waals surface area (Å²) in [6.07, 6.45) is 1.94. The zero-order valence-corrected chi connectivity index (χ0v) is 9.65. The average Bonchev–Trinajstić information content (AvgIpc) is 2.68. The molecule has 2 aromatic rings. The SMILES string of the molecule is COCc1n[nH]c(=O)c2cc(C(C)C)cn12. The van der Waals surface area contributed by atoms with Gasteiger partial charge in [-0.3, -0.25) is 9.20 Å². The molecule has 0 saturated heterocycles. The van der Waals surface area contributed by atoms with Gasteiger partial charge < -0.3 is 4.74 Å². The van der Waals surface area contributed by atoms with Gasteiger partial charge in [-0.25, -0.2) is 5.10 Å². The summed E-state index contributed by atoms with van der Waals surface area (Å²) in [5, 5.41) is 6.44. The van der Waals surface area contributed by atoms with Gasteiger partial charge in [0.2, 0.25) is 0 Å². The van der Waals surface area contributed by atoms with Crippen molar-refractivity contribution in [3.05, 3.63) is 34.0 Å². The lowest BCUT2D eigenvalue weighted by Crippen LogP contribution is -2.15. The van der Waals surface area contributed by atoms with Crippen LogP contribution in [0.3, 0.4) is 0 Å². The van der Waals surface area contributed by atoms with E-state index in [-0.39, 0.29) is 5.56 Å². The maximum Gasteiger partial charge on any atom is 0.288 e. The molecule has 0 amide bonds. The van der Waals surface area contributed by atoms with E-state index in [0.29, 0.717) is 23.9 Å². The second-order valence-electron chi connectivity index (χ2n) is 4.09. The zero-order chi connectivity index (χ0) is 11.7. The fourth-order valence-corrected chi connectivity index (χ4v) is 1.64. The van der Waals surface area contributed by atoms with Crippen LogP contribution in [0.15, 0.2) is 17.1 Å². The summed E-state index contributed by atoms with van der Waals surface area (Å²) < 4.78 is 6.83. The van der Waals surface area contributed by atoms with Gasteiger partial charge in [-0.2, -0.15) is 5.10 Å². The van der Waals surface area contributed by atoms with Gasteiger partial charge in [0.05, 0.1) is 0 Å². The lowest BCUT2D eigenvalue weighted by molar-refractivity contribution is 0.175. The van der Waals surface area contributed by atoms with Gasteiger partial charge in [-0.05, 0) is 17.5 Å². The van der Waals surface area contributed by atoms with Crippen molar-refractivity contribution >= 4 is 5.52 Å². The smallest absolute Gasteiger partial charge is 0.288 e. The van der Waals surface area contributed by atoms with E-state index in [1.54, 1.807) is 11.5 Å². The van der Waals surface area contributed by atoms with E-state index < -0.39 is 0 Å². The summed E-state index contributed by atoms with van der Waals surface area (Å²) in [5.41, 5.74) is 1.56. The summed E-state index contributed by atoms with van der Waals surface area (Å²) in [5.74, 6) is 1.08. The normalized spacial score (nSPS) is 11.5. The molecule has 0 atom stereocenters. The van der Waals surface area contributed by atoms with Crippen LogP contribution in [0, 0.1) is 0 Å². The molecule has 2 aromatic heterocycles. The maximum absolute atomic E-state index is 11.6. The molecule has 0 bridgehead atoms. The Morgan fingerprint density at radius 3 is 2.94 bits per heavy atom. The van der Waals surface area contributed by atoms with Crippen LogP contribution in [0.5, 0.6) is 0 Å². The van der Waals surface area contributed by atoms with Crippen molar-refractivity contribution in [1.29, 1.82) is 0 Å². The lowest BCUT2D eigenvalue weighted by Gasteiger charge is -2.02. The predicted molar refractivity (Wildman–Crippen MR) is 60.6 cm³/mol. The highest BCUT2D eigenvalue weighted by Crippen LogP contribution is 2.17. The molecule has 1 N–H and O–H groups in total. The van der Waals surface area contributed by atoms with Gasteiger partial charge in [0, 0.05) is 13.3 Å². The third-order valence-electron chi connectivity index (χ3n) is 2.58.